The summed E-state index contributed by atoms with van der Waals surface area (Å²) in [5, 5.41) is 4.68. The van der Waals surface area contributed by atoms with Crippen LogP contribution in [0.5, 0.6) is 0 Å². The number of ether oxygens (including phenoxy) is 1. The molecule has 1 unspecified atom stereocenters. The molecule has 1 aliphatic heterocycles. The van der Waals surface area contributed by atoms with E-state index >= 15 is 0 Å². The highest BCUT2D eigenvalue weighted by Crippen LogP contribution is 2.64. The minimum atomic E-state index is -4.55. The number of hydrogen-bond acceptors (Lipinski definition) is 5. The zero-order valence-corrected chi connectivity index (χ0v) is 18.6. The van der Waals surface area contributed by atoms with Crippen molar-refractivity contribution >= 4 is 5.82 Å². The van der Waals surface area contributed by atoms with E-state index in [1.54, 1.807) is 0 Å². The van der Waals surface area contributed by atoms with Gasteiger partial charge in [0.1, 0.15) is 5.82 Å². The fraction of sp³-hybridized carbons (Fsp3) is 0.652. The van der Waals surface area contributed by atoms with E-state index in [2.05, 4.69) is 35.8 Å². The van der Waals surface area contributed by atoms with Crippen molar-refractivity contribution in [2.24, 2.45) is 11.8 Å². The van der Waals surface area contributed by atoms with Gasteiger partial charge >= 0.3 is 6.18 Å². The lowest BCUT2D eigenvalue weighted by atomic mass is 10.0. The molecule has 9 heteroatoms. The number of hydrogen-bond donors (Lipinski definition) is 1. The molecule has 6 nitrogen and oxygen atoms in total. The molecule has 0 spiro atoms. The van der Waals surface area contributed by atoms with Crippen molar-refractivity contribution in [3.8, 4) is 11.3 Å². The maximum Gasteiger partial charge on any atom is 0.419 e. The van der Waals surface area contributed by atoms with E-state index in [9.17, 15) is 13.2 Å². The Morgan fingerprint density at radius 1 is 1.19 bits per heavy atom. The van der Waals surface area contributed by atoms with Gasteiger partial charge in [0.2, 0.25) is 0 Å². The van der Waals surface area contributed by atoms with E-state index in [4.69, 9.17) is 10.5 Å². The maximum atomic E-state index is 13.3. The average Bonchev–Trinajstić information content (AvgIpc) is 3.07. The molecule has 2 saturated carbocycles. The van der Waals surface area contributed by atoms with E-state index in [0.717, 1.165) is 31.5 Å². The number of alkyl halides is 3. The summed E-state index contributed by atoms with van der Waals surface area (Å²) in [5.41, 5.74) is 6.55. The molecule has 32 heavy (non-hydrogen) atoms. The number of morpholine rings is 1. The first-order valence-electron chi connectivity index (χ1n) is 11.4. The summed E-state index contributed by atoms with van der Waals surface area (Å²) in [4.78, 5) is 6.38. The first-order valence-corrected chi connectivity index (χ1v) is 11.4. The van der Waals surface area contributed by atoms with E-state index in [1.807, 2.05) is 10.7 Å². The molecular weight excluding hydrogens is 419 g/mol. The normalized spacial score (nSPS) is 30.7. The van der Waals surface area contributed by atoms with Crippen LogP contribution in [0.4, 0.5) is 19.0 Å². The Labute approximate surface area is 185 Å². The molecule has 2 aromatic heterocycles. The van der Waals surface area contributed by atoms with Crippen LogP contribution >= 0.6 is 0 Å². The van der Waals surface area contributed by atoms with Crippen LogP contribution in [0, 0.1) is 11.8 Å². The summed E-state index contributed by atoms with van der Waals surface area (Å²) in [6, 6.07) is 4.20. The average molecular weight is 450 g/mol. The summed E-state index contributed by atoms with van der Waals surface area (Å²) in [6.07, 6.45) is -0.833. The van der Waals surface area contributed by atoms with Gasteiger partial charge in [0.25, 0.3) is 0 Å². The fourth-order valence-electron chi connectivity index (χ4n) is 5.86. The van der Waals surface area contributed by atoms with Crippen LogP contribution < -0.4 is 5.73 Å². The molecule has 0 bridgehead atoms. The topological polar surface area (TPSA) is 69.2 Å². The minimum Gasteiger partial charge on any atom is -0.383 e. The number of pyridine rings is 1. The van der Waals surface area contributed by atoms with E-state index in [1.165, 1.54) is 19.0 Å². The van der Waals surface area contributed by atoms with Crippen molar-refractivity contribution in [3.63, 3.8) is 0 Å². The lowest BCUT2D eigenvalue weighted by Gasteiger charge is -2.38. The molecule has 2 N–H and O–H groups in total. The monoisotopic (exact) mass is 449 g/mol. The van der Waals surface area contributed by atoms with Gasteiger partial charge in [0.05, 0.1) is 24.5 Å². The third kappa shape index (κ3) is 3.69. The van der Waals surface area contributed by atoms with Gasteiger partial charge in [0.15, 0.2) is 0 Å². The molecular formula is C23H30F3N5O. The number of rotatable bonds is 4. The van der Waals surface area contributed by atoms with Gasteiger partial charge < -0.3 is 10.5 Å². The standard InChI is InChI=1S/C23H30F3N5O/c1-12(2)31-20(9-19(29-31)14-6-18(23(24,25)26)22(27)28-10-14)21-16-7-15(8-17(16)21)30-4-5-32-11-13(30)3/h6,9-10,12-13,15-17,21H,4-5,7-8,11H2,1-3H3,(H2,27,28)/t13-,15?,16-,17+,21+/m1/s1. The molecule has 3 heterocycles. The summed E-state index contributed by atoms with van der Waals surface area (Å²) < 4.78 is 47.5. The maximum absolute atomic E-state index is 13.3. The van der Waals surface area contributed by atoms with Crippen LogP contribution in [-0.4, -0.2) is 51.5 Å². The van der Waals surface area contributed by atoms with Crippen molar-refractivity contribution in [1.29, 1.82) is 0 Å². The van der Waals surface area contributed by atoms with Gasteiger partial charge in [-0.2, -0.15) is 18.3 Å². The van der Waals surface area contributed by atoms with Gasteiger partial charge in [-0.1, -0.05) is 0 Å². The van der Waals surface area contributed by atoms with Gasteiger partial charge in [-0.3, -0.25) is 9.58 Å². The number of nitrogens with two attached hydrogens (primary N) is 1. The second-order valence-electron chi connectivity index (χ2n) is 9.79. The summed E-state index contributed by atoms with van der Waals surface area (Å²) in [5.74, 6) is 1.15. The lowest BCUT2D eigenvalue weighted by Crippen LogP contribution is -2.49. The fourth-order valence-corrected chi connectivity index (χ4v) is 5.86. The number of nitrogens with zero attached hydrogens (tertiary/aromatic N) is 4. The number of fused-ring (bicyclic) bond motifs is 1. The number of halogens is 3. The van der Waals surface area contributed by atoms with E-state index in [-0.39, 0.29) is 6.04 Å². The highest BCUT2D eigenvalue weighted by atomic mass is 19.4. The molecule has 1 saturated heterocycles. The predicted octanol–water partition coefficient (Wildman–Crippen LogP) is 4.34. The minimum absolute atomic E-state index is 0.124. The Kier molecular flexibility index (Phi) is 5.24. The summed E-state index contributed by atoms with van der Waals surface area (Å²) in [6.45, 7) is 8.94. The Balaban J connectivity index is 1.38. The number of nitrogen functional groups attached to an aromatic ring is 1. The zero-order valence-electron chi connectivity index (χ0n) is 18.6. The van der Waals surface area contributed by atoms with Crippen molar-refractivity contribution in [3.05, 3.63) is 29.6 Å². The van der Waals surface area contributed by atoms with Crippen molar-refractivity contribution in [2.45, 2.75) is 63.8 Å². The summed E-state index contributed by atoms with van der Waals surface area (Å²) >= 11 is 0. The van der Waals surface area contributed by atoms with Crippen molar-refractivity contribution < 1.29 is 17.9 Å². The Morgan fingerprint density at radius 3 is 2.53 bits per heavy atom. The quantitative estimate of drug-likeness (QED) is 0.752. The largest absolute Gasteiger partial charge is 0.419 e. The smallest absolute Gasteiger partial charge is 0.383 e. The van der Waals surface area contributed by atoms with Crippen molar-refractivity contribution in [1.82, 2.24) is 19.7 Å². The van der Waals surface area contributed by atoms with Crippen LogP contribution in [0.2, 0.25) is 0 Å². The molecule has 0 aromatic carbocycles. The Bertz CT molecular complexity index is 992. The van der Waals surface area contributed by atoms with E-state index in [0.29, 0.717) is 41.1 Å². The van der Waals surface area contributed by atoms with Crippen molar-refractivity contribution in [2.75, 3.05) is 25.5 Å². The lowest BCUT2D eigenvalue weighted by molar-refractivity contribution is -0.137. The van der Waals surface area contributed by atoms with Crippen LogP contribution in [0.25, 0.3) is 11.3 Å². The summed E-state index contributed by atoms with van der Waals surface area (Å²) in [7, 11) is 0. The molecule has 2 aromatic rings. The second-order valence-corrected chi connectivity index (χ2v) is 9.79. The van der Waals surface area contributed by atoms with Crippen LogP contribution in [0.3, 0.4) is 0 Å². The Hall–Kier alpha value is -2.13. The van der Waals surface area contributed by atoms with E-state index < -0.39 is 17.6 Å². The predicted molar refractivity (Wildman–Crippen MR) is 115 cm³/mol. The van der Waals surface area contributed by atoms with Gasteiger partial charge in [0, 0.05) is 48.0 Å². The first kappa shape index (κ1) is 21.7. The molecule has 3 aliphatic rings. The first-order chi connectivity index (χ1) is 15.1. The highest BCUT2D eigenvalue weighted by Gasteiger charge is 2.59. The molecule has 0 radical (unpaired) electrons. The molecule has 174 valence electrons. The zero-order chi connectivity index (χ0) is 22.8. The van der Waals surface area contributed by atoms with Gasteiger partial charge in [-0.15, -0.1) is 0 Å². The molecule has 5 rings (SSSR count). The molecule has 5 atom stereocenters. The molecule has 2 aliphatic carbocycles. The third-order valence-corrected chi connectivity index (χ3v) is 7.42. The number of anilines is 1. The van der Waals surface area contributed by atoms with Gasteiger partial charge in [-0.25, -0.2) is 4.98 Å². The second kappa shape index (κ2) is 7.73. The number of aromatic nitrogens is 3. The van der Waals surface area contributed by atoms with Crippen LogP contribution in [0.15, 0.2) is 18.3 Å². The molecule has 3 fully saturated rings. The third-order valence-electron chi connectivity index (χ3n) is 7.42. The Morgan fingerprint density at radius 2 is 1.91 bits per heavy atom. The van der Waals surface area contributed by atoms with Gasteiger partial charge in [-0.05, 0) is 57.6 Å². The SMILES string of the molecule is CC(C)n1nc(-c2cnc(N)c(C(F)(F)F)c2)cc1[C@H]1[C@@H]2CC(N3CCOC[C@H]3C)C[C@@H]21. The van der Waals surface area contributed by atoms with Crippen LogP contribution in [0.1, 0.15) is 56.8 Å². The van der Waals surface area contributed by atoms with Crippen LogP contribution in [-0.2, 0) is 10.9 Å². The molecule has 0 amide bonds. The highest BCUT2D eigenvalue weighted by molar-refractivity contribution is 5.63.